The molecule has 1 N–H and O–H groups in total. The van der Waals surface area contributed by atoms with Crippen molar-refractivity contribution in [1.82, 2.24) is 5.32 Å². The van der Waals surface area contributed by atoms with Crippen molar-refractivity contribution in [2.45, 2.75) is 58.7 Å². The number of hydrogen-bond donors (Lipinski definition) is 1. The quantitative estimate of drug-likeness (QED) is 0.811. The summed E-state index contributed by atoms with van der Waals surface area (Å²) < 4.78 is 10.8. The SMILES string of the molecule is CC(C)(C)OC(=O)NCC1CCOC(C)(C)C1. The summed E-state index contributed by atoms with van der Waals surface area (Å²) in [4.78, 5) is 11.5. The molecule has 0 radical (unpaired) electrons. The Hall–Kier alpha value is -0.770. The number of ether oxygens (including phenoxy) is 2. The van der Waals surface area contributed by atoms with Gasteiger partial charge in [0.1, 0.15) is 5.60 Å². The van der Waals surface area contributed by atoms with Crippen LogP contribution in [0.1, 0.15) is 47.5 Å². The lowest BCUT2D eigenvalue weighted by atomic mass is 9.88. The number of carbonyl (C=O) groups excluding carboxylic acids is 1. The van der Waals surface area contributed by atoms with Crippen LogP contribution in [0.25, 0.3) is 0 Å². The predicted molar refractivity (Wildman–Crippen MR) is 67.0 cm³/mol. The summed E-state index contributed by atoms with van der Waals surface area (Å²) in [6.45, 7) is 11.2. The second-order valence-corrected chi connectivity index (χ2v) is 6.35. The maximum Gasteiger partial charge on any atom is 0.407 e. The Bertz CT molecular complexity index is 268. The smallest absolute Gasteiger partial charge is 0.407 e. The molecule has 17 heavy (non-hydrogen) atoms. The molecular formula is C13H25NO3. The van der Waals surface area contributed by atoms with Gasteiger partial charge < -0.3 is 14.8 Å². The molecule has 1 unspecified atom stereocenters. The second kappa shape index (κ2) is 5.25. The third-order valence-electron chi connectivity index (χ3n) is 2.73. The van der Waals surface area contributed by atoms with Gasteiger partial charge >= 0.3 is 6.09 Å². The monoisotopic (exact) mass is 243 g/mol. The average Bonchev–Trinajstić information content (AvgIpc) is 2.10. The molecule has 1 saturated heterocycles. The Morgan fingerprint density at radius 3 is 2.65 bits per heavy atom. The van der Waals surface area contributed by atoms with Crippen molar-refractivity contribution < 1.29 is 14.3 Å². The maximum atomic E-state index is 11.5. The zero-order valence-corrected chi connectivity index (χ0v) is 11.6. The van der Waals surface area contributed by atoms with E-state index in [1.165, 1.54) is 0 Å². The van der Waals surface area contributed by atoms with Crippen LogP contribution in [0.4, 0.5) is 4.79 Å². The largest absolute Gasteiger partial charge is 0.444 e. The second-order valence-electron chi connectivity index (χ2n) is 6.35. The van der Waals surface area contributed by atoms with Gasteiger partial charge in [-0.05, 0) is 53.4 Å². The van der Waals surface area contributed by atoms with E-state index >= 15 is 0 Å². The van der Waals surface area contributed by atoms with E-state index in [1.54, 1.807) is 0 Å². The summed E-state index contributed by atoms with van der Waals surface area (Å²) in [6.07, 6.45) is 1.64. The van der Waals surface area contributed by atoms with Crippen molar-refractivity contribution in [2.24, 2.45) is 5.92 Å². The van der Waals surface area contributed by atoms with E-state index in [2.05, 4.69) is 19.2 Å². The lowest BCUT2D eigenvalue weighted by molar-refractivity contribution is -0.0719. The highest BCUT2D eigenvalue weighted by Gasteiger charge is 2.29. The van der Waals surface area contributed by atoms with Gasteiger partial charge in [-0.1, -0.05) is 0 Å². The molecule has 1 amide bonds. The van der Waals surface area contributed by atoms with Crippen LogP contribution in [0.15, 0.2) is 0 Å². The van der Waals surface area contributed by atoms with Crippen LogP contribution < -0.4 is 5.32 Å². The number of carbonyl (C=O) groups is 1. The van der Waals surface area contributed by atoms with E-state index in [0.29, 0.717) is 12.5 Å². The van der Waals surface area contributed by atoms with Crippen LogP contribution in [-0.2, 0) is 9.47 Å². The van der Waals surface area contributed by atoms with Gasteiger partial charge in [0.05, 0.1) is 5.60 Å². The Balaban J connectivity index is 2.29. The van der Waals surface area contributed by atoms with Crippen molar-refractivity contribution in [3.63, 3.8) is 0 Å². The fourth-order valence-corrected chi connectivity index (χ4v) is 2.07. The van der Waals surface area contributed by atoms with Gasteiger partial charge in [-0.2, -0.15) is 0 Å². The topological polar surface area (TPSA) is 47.6 Å². The number of nitrogens with one attached hydrogen (secondary N) is 1. The summed E-state index contributed by atoms with van der Waals surface area (Å²) in [5.41, 5.74) is -0.502. The third kappa shape index (κ3) is 5.91. The van der Waals surface area contributed by atoms with Crippen LogP contribution >= 0.6 is 0 Å². The molecular weight excluding hydrogens is 218 g/mol. The van der Waals surface area contributed by atoms with Crippen LogP contribution in [0.5, 0.6) is 0 Å². The summed E-state index contributed by atoms with van der Waals surface area (Å²) >= 11 is 0. The van der Waals surface area contributed by atoms with Crippen molar-refractivity contribution in [3.05, 3.63) is 0 Å². The molecule has 1 atom stereocenters. The van der Waals surface area contributed by atoms with E-state index in [4.69, 9.17) is 9.47 Å². The number of rotatable bonds is 2. The van der Waals surface area contributed by atoms with Crippen molar-refractivity contribution in [3.8, 4) is 0 Å². The molecule has 1 heterocycles. The molecule has 100 valence electrons. The number of alkyl carbamates (subject to hydrolysis) is 1. The Kier molecular flexibility index (Phi) is 4.42. The van der Waals surface area contributed by atoms with Gasteiger partial charge in [0.2, 0.25) is 0 Å². The maximum absolute atomic E-state index is 11.5. The molecule has 1 aliphatic heterocycles. The first-order valence-corrected chi connectivity index (χ1v) is 6.29. The molecule has 0 bridgehead atoms. The van der Waals surface area contributed by atoms with Gasteiger partial charge in [-0.15, -0.1) is 0 Å². The first-order chi connectivity index (χ1) is 7.68. The fourth-order valence-electron chi connectivity index (χ4n) is 2.07. The Labute approximate surface area is 104 Å². The zero-order valence-electron chi connectivity index (χ0n) is 11.6. The van der Waals surface area contributed by atoms with E-state index in [1.807, 2.05) is 20.8 Å². The van der Waals surface area contributed by atoms with Crippen molar-refractivity contribution in [1.29, 1.82) is 0 Å². The molecule has 0 saturated carbocycles. The molecule has 0 spiro atoms. The van der Waals surface area contributed by atoms with Gasteiger partial charge in [0, 0.05) is 13.2 Å². The molecule has 1 fully saturated rings. The first kappa shape index (κ1) is 14.3. The molecule has 0 aromatic rings. The summed E-state index contributed by atoms with van der Waals surface area (Å²) in [7, 11) is 0. The fraction of sp³-hybridized carbons (Fsp3) is 0.923. The van der Waals surface area contributed by atoms with E-state index < -0.39 is 5.60 Å². The predicted octanol–water partition coefficient (Wildman–Crippen LogP) is 2.72. The molecule has 4 heteroatoms. The molecule has 1 rings (SSSR count). The van der Waals surface area contributed by atoms with Gasteiger partial charge in [-0.25, -0.2) is 4.79 Å². The zero-order chi connectivity index (χ0) is 13.1. The minimum Gasteiger partial charge on any atom is -0.444 e. The lowest BCUT2D eigenvalue weighted by Gasteiger charge is -2.35. The normalized spacial score (nSPS) is 24.2. The van der Waals surface area contributed by atoms with E-state index in [-0.39, 0.29) is 11.7 Å². The van der Waals surface area contributed by atoms with Gasteiger partial charge in [0.15, 0.2) is 0 Å². The van der Waals surface area contributed by atoms with Gasteiger partial charge in [-0.3, -0.25) is 0 Å². The molecule has 0 aromatic carbocycles. The summed E-state index contributed by atoms with van der Waals surface area (Å²) in [5, 5.41) is 2.83. The van der Waals surface area contributed by atoms with E-state index in [9.17, 15) is 4.79 Å². The number of amides is 1. The van der Waals surface area contributed by atoms with Crippen LogP contribution in [0.2, 0.25) is 0 Å². The summed E-state index contributed by atoms with van der Waals surface area (Å²) in [6, 6.07) is 0. The third-order valence-corrected chi connectivity index (χ3v) is 2.73. The van der Waals surface area contributed by atoms with Crippen molar-refractivity contribution >= 4 is 6.09 Å². The first-order valence-electron chi connectivity index (χ1n) is 6.29. The highest BCUT2D eigenvalue weighted by molar-refractivity contribution is 5.67. The average molecular weight is 243 g/mol. The minimum absolute atomic E-state index is 0.0709. The molecule has 4 nitrogen and oxygen atoms in total. The van der Waals surface area contributed by atoms with Crippen molar-refractivity contribution in [2.75, 3.05) is 13.2 Å². The van der Waals surface area contributed by atoms with Crippen LogP contribution in [0, 0.1) is 5.92 Å². The summed E-state index contributed by atoms with van der Waals surface area (Å²) in [5.74, 6) is 0.478. The lowest BCUT2D eigenvalue weighted by Crippen LogP contribution is -2.40. The Morgan fingerprint density at radius 2 is 2.12 bits per heavy atom. The minimum atomic E-state index is -0.432. The van der Waals surface area contributed by atoms with Crippen LogP contribution in [-0.4, -0.2) is 30.4 Å². The molecule has 0 aromatic heterocycles. The Morgan fingerprint density at radius 1 is 1.47 bits per heavy atom. The molecule has 0 aliphatic carbocycles. The van der Waals surface area contributed by atoms with Gasteiger partial charge in [0.25, 0.3) is 0 Å². The highest BCUT2D eigenvalue weighted by Crippen LogP contribution is 2.27. The molecule has 1 aliphatic rings. The standard InChI is InChI=1S/C13H25NO3/c1-12(2,3)17-11(15)14-9-10-6-7-16-13(4,5)8-10/h10H,6-9H2,1-5H3,(H,14,15). The van der Waals surface area contributed by atoms with E-state index in [0.717, 1.165) is 19.4 Å². The van der Waals surface area contributed by atoms with Crippen LogP contribution in [0.3, 0.4) is 0 Å². The number of hydrogen-bond acceptors (Lipinski definition) is 3. The highest BCUT2D eigenvalue weighted by atomic mass is 16.6.